The third-order valence-corrected chi connectivity index (χ3v) is 1.35. The van der Waals surface area contributed by atoms with Crippen molar-refractivity contribution in [3.63, 3.8) is 0 Å². The molecule has 0 aromatic heterocycles. The second-order valence-corrected chi connectivity index (χ2v) is 2.08. The number of carbonyl (C=O) groups is 1. The first-order valence-corrected chi connectivity index (χ1v) is 3.62. The molecular formula is C10H12O3. The van der Waals surface area contributed by atoms with Crippen LogP contribution in [0.5, 0.6) is 5.75 Å². The van der Waals surface area contributed by atoms with Gasteiger partial charge in [0.05, 0.1) is 7.11 Å². The van der Waals surface area contributed by atoms with E-state index in [1.165, 1.54) is 0 Å². The summed E-state index contributed by atoms with van der Waals surface area (Å²) in [5.74, 6) is 0.880. The molecule has 1 aromatic rings. The molecule has 0 aliphatic heterocycles. The van der Waals surface area contributed by atoms with Crippen LogP contribution in [-0.4, -0.2) is 18.7 Å². The third-order valence-electron chi connectivity index (χ3n) is 1.35. The van der Waals surface area contributed by atoms with Gasteiger partial charge in [0.2, 0.25) is 0 Å². The Labute approximate surface area is 77.3 Å². The summed E-state index contributed by atoms with van der Waals surface area (Å²) in [5, 5.41) is 6.89. The molecule has 0 radical (unpaired) electrons. The Bertz CT molecular complexity index is 251. The van der Waals surface area contributed by atoms with E-state index in [1.54, 1.807) is 13.2 Å². The lowest BCUT2D eigenvalue weighted by Gasteiger charge is -1.97. The first-order chi connectivity index (χ1) is 6.28. The Morgan fingerprint density at radius 3 is 2.15 bits per heavy atom. The molecule has 0 amide bonds. The Morgan fingerprint density at radius 2 is 1.85 bits per heavy atom. The van der Waals surface area contributed by atoms with E-state index in [1.807, 2.05) is 24.3 Å². The van der Waals surface area contributed by atoms with E-state index in [2.05, 4.69) is 6.58 Å². The zero-order valence-electron chi connectivity index (χ0n) is 7.43. The third kappa shape index (κ3) is 4.63. The van der Waals surface area contributed by atoms with Crippen LogP contribution in [0.25, 0.3) is 6.08 Å². The summed E-state index contributed by atoms with van der Waals surface area (Å²) < 4.78 is 4.98. The van der Waals surface area contributed by atoms with Crippen molar-refractivity contribution in [2.24, 2.45) is 0 Å². The lowest BCUT2D eigenvalue weighted by atomic mass is 10.2. The van der Waals surface area contributed by atoms with Gasteiger partial charge in [0.1, 0.15) is 5.75 Å². The quantitative estimate of drug-likeness (QED) is 0.708. The van der Waals surface area contributed by atoms with Gasteiger partial charge in [-0.3, -0.25) is 4.79 Å². The van der Waals surface area contributed by atoms with Gasteiger partial charge in [-0.15, -0.1) is 0 Å². The van der Waals surface area contributed by atoms with Crippen LogP contribution in [0.4, 0.5) is 0 Å². The van der Waals surface area contributed by atoms with Gasteiger partial charge in [0.25, 0.3) is 6.47 Å². The molecule has 1 rings (SSSR count). The molecule has 0 heterocycles. The highest BCUT2D eigenvalue weighted by Crippen LogP contribution is 2.11. The van der Waals surface area contributed by atoms with Gasteiger partial charge < -0.3 is 9.84 Å². The topological polar surface area (TPSA) is 46.5 Å². The molecule has 0 saturated heterocycles. The maximum atomic E-state index is 8.36. The smallest absolute Gasteiger partial charge is 0.290 e. The zero-order valence-corrected chi connectivity index (χ0v) is 7.43. The fourth-order valence-electron chi connectivity index (χ4n) is 0.740. The summed E-state index contributed by atoms with van der Waals surface area (Å²) in [4.78, 5) is 8.36. The van der Waals surface area contributed by atoms with Crippen LogP contribution in [0.1, 0.15) is 5.56 Å². The molecule has 0 atom stereocenters. The normalized spacial score (nSPS) is 7.77. The molecule has 3 nitrogen and oxygen atoms in total. The van der Waals surface area contributed by atoms with E-state index in [0.29, 0.717) is 0 Å². The van der Waals surface area contributed by atoms with Crippen LogP contribution in [0.2, 0.25) is 0 Å². The van der Waals surface area contributed by atoms with Gasteiger partial charge in [-0.2, -0.15) is 0 Å². The van der Waals surface area contributed by atoms with E-state index in [4.69, 9.17) is 14.6 Å². The molecule has 0 saturated carbocycles. The van der Waals surface area contributed by atoms with Crippen LogP contribution in [0.15, 0.2) is 30.8 Å². The van der Waals surface area contributed by atoms with Crippen LogP contribution < -0.4 is 4.74 Å². The van der Waals surface area contributed by atoms with Crippen LogP contribution >= 0.6 is 0 Å². The van der Waals surface area contributed by atoms with Gasteiger partial charge in [0, 0.05) is 0 Å². The molecule has 3 heteroatoms. The molecule has 13 heavy (non-hydrogen) atoms. The summed E-state index contributed by atoms with van der Waals surface area (Å²) in [6.07, 6.45) is 1.80. The second kappa shape index (κ2) is 6.91. The predicted molar refractivity (Wildman–Crippen MR) is 51.8 cm³/mol. The highest BCUT2D eigenvalue weighted by molar-refractivity contribution is 5.48. The highest BCUT2D eigenvalue weighted by atomic mass is 16.5. The van der Waals surface area contributed by atoms with E-state index < -0.39 is 0 Å². The van der Waals surface area contributed by atoms with E-state index in [9.17, 15) is 0 Å². The minimum atomic E-state index is -0.250. The van der Waals surface area contributed by atoms with Crippen molar-refractivity contribution < 1.29 is 14.6 Å². The standard InChI is InChI=1S/C9H10O.CH2O2/c1-3-8-4-6-9(10-2)7-5-8;2-1-3/h3-7H,1H2,2H3;1H,(H,2,3). The van der Waals surface area contributed by atoms with Crippen molar-refractivity contribution in [2.45, 2.75) is 0 Å². The fraction of sp³-hybridized carbons (Fsp3) is 0.100. The minimum absolute atomic E-state index is 0.250. The van der Waals surface area contributed by atoms with Crippen LogP contribution in [0.3, 0.4) is 0 Å². The van der Waals surface area contributed by atoms with E-state index in [0.717, 1.165) is 11.3 Å². The monoisotopic (exact) mass is 180 g/mol. The summed E-state index contributed by atoms with van der Waals surface area (Å²) >= 11 is 0. The number of carboxylic acid groups (broad SMARTS) is 1. The molecule has 1 N–H and O–H groups in total. The van der Waals surface area contributed by atoms with Crippen molar-refractivity contribution >= 4 is 12.5 Å². The van der Waals surface area contributed by atoms with Crippen LogP contribution in [0, 0.1) is 0 Å². The molecule has 1 aromatic carbocycles. The van der Waals surface area contributed by atoms with Gasteiger partial charge in [-0.25, -0.2) is 0 Å². The molecule has 0 bridgehead atoms. The van der Waals surface area contributed by atoms with Crippen LogP contribution in [-0.2, 0) is 4.79 Å². The summed E-state index contributed by atoms with van der Waals surface area (Å²) in [5.41, 5.74) is 1.11. The predicted octanol–water partition coefficient (Wildman–Crippen LogP) is 2.04. The number of hydrogen-bond acceptors (Lipinski definition) is 2. The summed E-state index contributed by atoms with van der Waals surface area (Å²) in [6, 6.07) is 7.76. The number of benzene rings is 1. The maximum absolute atomic E-state index is 8.36. The average Bonchev–Trinajstić information content (AvgIpc) is 2.19. The van der Waals surface area contributed by atoms with Gasteiger partial charge in [-0.05, 0) is 17.7 Å². The molecule has 0 fully saturated rings. The highest BCUT2D eigenvalue weighted by Gasteiger charge is 1.87. The van der Waals surface area contributed by atoms with E-state index >= 15 is 0 Å². The molecule has 0 spiro atoms. The van der Waals surface area contributed by atoms with Crippen molar-refractivity contribution in [3.05, 3.63) is 36.4 Å². The lowest BCUT2D eigenvalue weighted by Crippen LogP contribution is -1.80. The fourth-order valence-corrected chi connectivity index (χ4v) is 0.740. The van der Waals surface area contributed by atoms with Crippen molar-refractivity contribution in [2.75, 3.05) is 7.11 Å². The SMILES string of the molecule is C=Cc1ccc(OC)cc1.O=CO. The lowest BCUT2D eigenvalue weighted by molar-refractivity contribution is -0.122. The summed E-state index contributed by atoms with van der Waals surface area (Å²) in [6.45, 7) is 3.40. The molecule has 0 aliphatic carbocycles. The number of rotatable bonds is 2. The van der Waals surface area contributed by atoms with Gasteiger partial charge in [0.15, 0.2) is 0 Å². The second-order valence-electron chi connectivity index (χ2n) is 2.08. The zero-order chi connectivity index (χ0) is 10.1. The van der Waals surface area contributed by atoms with Crippen molar-refractivity contribution in [1.29, 1.82) is 0 Å². The molecule has 0 unspecified atom stereocenters. The molecule has 0 aliphatic rings. The van der Waals surface area contributed by atoms with Gasteiger partial charge >= 0.3 is 0 Å². The number of hydrogen-bond donors (Lipinski definition) is 1. The molecular weight excluding hydrogens is 168 g/mol. The van der Waals surface area contributed by atoms with Gasteiger partial charge in [-0.1, -0.05) is 24.8 Å². The van der Waals surface area contributed by atoms with E-state index in [-0.39, 0.29) is 6.47 Å². The average molecular weight is 180 g/mol. The van der Waals surface area contributed by atoms with Crippen molar-refractivity contribution in [1.82, 2.24) is 0 Å². The number of methoxy groups -OCH3 is 1. The number of ether oxygens (including phenoxy) is 1. The van der Waals surface area contributed by atoms with Crippen molar-refractivity contribution in [3.8, 4) is 5.75 Å². The largest absolute Gasteiger partial charge is 0.497 e. The Kier molecular flexibility index (Phi) is 5.97. The minimum Gasteiger partial charge on any atom is -0.497 e. The summed E-state index contributed by atoms with van der Waals surface area (Å²) in [7, 11) is 1.66. The molecule has 70 valence electrons. The first kappa shape index (κ1) is 11.2. The first-order valence-electron chi connectivity index (χ1n) is 3.62. The maximum Gasteiger partial charge on any atom is 0.290 e. The Balaban J connectivity index is 0.000000424. The Morgan fingerprint density at radius 1 is 1.38 bits per heavy atom. The Hall–Kier alpha value is -1.77.